The number of H-pyrrole nitrogens is 1. The number of aromatic amines is 1. The van der Waals surface area contributed by atoms with Crippen LogP contribution >= 0.6 is 15.9 Å². The van der Waals surface area contributed by atoms with Gasteiger partial charge in [0.1, 0.15) is 0 Å². The van der Waals surface area contributed by atoms with Crippen molar-refractivity contribution >= 4 is 31.9 Å². The number of halogens is 1. The first-order chi connectivity index (χ1) is 12.3. The first-order valence-corrected chi connectivity index (χ1v) is 10.0. The number of aromatic nitrogens is 2. The van der Waals surface area contributed by atoms with Gasteiger partial charge in [-0.05, 0) is 36.8 Å². The highest BCUT2D eigenvalue weighted by atomic mass is 79.9. The van der Waals surface area contributed by atoms with Crippen LogP contribution in [0.1, 0.15) is 16.8 Å². The Hall–Kier alpha value is -2.45. The van der Waals surface area contributed by atoms with Gasteiger partial charge in [-0.3, -0.25) is 9.78 Å². The minimum atomic E-state index is -3.84. The van der Waals surface area contributed by atoms with Crippen LogP contribution in [0.3, 0.4) is 0 Å². The molecule has 0 atom stereocenters. The minimum absolute atomic E-state index is 0.0781. The number of sulfonamides is 1. The van der Waals surface area contributed by atoms with E-state index in [4.69, 9.17) is 0 Å². The molecule has 0 aliphatic carbocycles. The number of rotatable bonds is 5. The summed E-state index contributed by atoms with van der Waals surface area (Å²) in [6.07, 6.45) is 0.425. The van der Waals surface area contributed by atoms with E-state index in [1.54, 1.807) is 19.1 Å². The number of aryl methyl sites for hydroxylation is 1. The quantitative estimate of drug-likeness (QED) is 0.645. The second-order valence-electron chi connectivity index (χ2n) is 5.70. The van der Waals surface area contributed by atoms with Crippen LogP contribution in [-0.2, 0) is 16.4 Å². The molecule has 0 amide bonds. The molecule has 1 aromatic heterocycles. The number of benzene rings is 2. The predicted molar refractivity (Wildman–Crippen MR) is 104 cm³/mol. The van der Waals surface area contributed by atoms with Crippen molar-refractivity contribution in [1.82, 2.24) is 9.97 Å². The van der Waals surface area contributed by atoms with E-state index in [0.29, 0.717) is 17.7 Å². The summed E-state index contributed by atoms with van der Waals surface area (Å²) < 4.78 is 27.9. The largest absolute Gasteiger partial charge is 0.292 e. The lowest BCUT2D eigenvalue weighted by Gasteiger charge is -2.10. The molecule has 3 rings (SSSR count). The third kappa shape index (κ3) is 4.20. The van der Waals surface area contributed by atoms with Crippen molar-refractivity contribution in [3.05, 3.63) is 86.2 Å². The van der Waals surface area contributed by atoms with Gasteiger partial charge in [0.2, 0.25) is 5.95 Å². The van der Waals surface area contributed by atoms with E-state index < -0.39 is 10.0 Å². The summed E-state index contributed by atoms with van der Waals surface area (Å²) in [5, 5.41) is 0. The molecule has 0 bridgehead atoms. The SMILES string of the molecule is Cc1nc(NS(=O)(=O)c2ccc(Br)cc2)[nH]c(=O)c1Cc1ccccc1. The molecule has 8 heteroatoms. The number of nitrogens with one attached hydrogen (secondary N) is 2. The maximum atomic E-state index is 12.4. The topological polar surface area (TPSA) is 91.9 Å². The molecule has 0 saturated heterocycles. The Balaban J connectivity index is 1.88. The van der Waals surface area contributed by atoms with Crippen LogP contribution in [0.5, 0.6) is 0 Å². The van der Waals surface area contributed by atoms with Gasteiger partial charge < -0.3 is 0 Å². The van der Waals surface area contributed by atoms with Crippen molar-refractivity contribution in [3.63, 3.8) is 0 Å². The number of hydrogen-bond acceptors (Lipinski definition) is 4. The van der Waals surface area contributed by atoms with Crippen LogP contribution in [0.25, 0.3) is 0 Å². The van der Waals surface area contributed by atoms with Crippen molar-refractivity contribution in [2.45, 2.75) is 18.2 Å². The molecular weight excluding hydrogens is 418 g/mol. The van der Waals surface area contributed by atoms with Crippen molar-refractivity contribution in [2.24, 2.45) is 0 Å². The van der Waals surface area contributed by atoms with Gasteiger partial charge in [0, 0.05) is 16.5 Å². The van der Waals surface area contributed by atoms with Crippen LogP contribution in [0.15, 0.2) is 68.8 Å². The highest BCUT2D eigenvalue weighted by Gasteiger charge is 2.17. The third-order valence-corrected chi connectivity index (χ3v) is 5.68. The summed E-state index contributed by atoms with van der Waals surface area (Å²) in [5.74, 6) is -0.104. The van der Waals surface area contributed by atoms with E-state index in [1.807, 2.05) is 30.3 Å². The van der Waals surface area contributed by atoms with E-state index >= 15 is 0 Å². The molecule has 0 radical (unpaired) electrons. The van der Waals surface area contributed by atoms with E-state index in [-0.39, 0.29) is 16.4 Å². The standard InChI is InChI=1S/C18H16BrN3O3S/c1-12-16(11-13-5-3-2-4-6-13)17(23)21-18(20-12)22-26(24,25)15-9-7-14(19)8-10-15/h2-10H,11H2,1H3,(H2,20,21,22,23). The van der Waals surface area contributed by atoms with Crippen molar-refractivity contribution in [2.75, 3.05) is 4.72 Å². The summed E-state index contributed by atoms with van der Waals surface area (Å²) in [7, 11) is -3.84. The molecule has 0 aliphatic heterocycles. The summed E-state index contributed by atoms with van der Waals surface area (Å²) in [5.41, 5.74) is 1.59. The zero-order valence-electron chi connectivity index (χ0n) is 13.9. The highest BCUT2D eigenvalue weighted by molar-refractivity contribution is 9.10. The summed E-state index contributed by atoms with van der Waals surface area (Å²) in [6, 6.07) is 15.7. The maximum Gasteiger partial charge on any atom is 0.264 e. The predicted octanol–water partition coefficient (Wildman–Crippen LogP) is 3.23. The molecule has 1 heterocycles. The van der Waals surface area contributed by atoms with Crippen molar-refractivity contribution in [1.29, 1.82) is 0 Å². The van der Waals surface area contributed by atoms with Crippen LogP contribution in [0, 0.1) is 6.92 Å². The molecule has 134 valence electrons. The molecule has 0 unspecified atom stereocenters. The van der Waals surface area contributed by atoms with Crippen LogP contribution < -0.4 is 10.3 Å². The normalized spacial score (nSPS) is 11.3. The lowest BCUT2D eigenvalue weighted by atomic mass is 10.1. The summed E-state index contributed by atoms with van der Waals surface area (Å²) in [6.45, 7) is 1.69. The fourth-order valence-electron chi connectivity index (χ4n) is 2.47. The lowest BCUT2D eigenvalue weighted by molar-refractivity contribution is 0.600. The van der Waals surface area contributed by atoms with Gasteiger partial charge >= 0.3 is 0 Å². The van der Waals surface area contributed by atoms with Gasteiger partial charge in [-0.25, -0.2) is 18.1 Å². The second-order valence-corrected chi connectivity index (χ2v) is 8.30. The molecule has 2 N–H and O–H groups in total. The van der Waals surface area contributed by atoms with E-state index in [0.717, 1.165) is 10.0 Å². The Bertz CT molecular complexity index is 1080. The van der Waals surface area contributed by atoms with E-state index in [1.165, 1.54) is 12.1 Å². The highest BCUT2D eigenvalue weighted by Crippen LogP contribution is 2.17. The van der Waals surface area contributed by atoms with Gasteiger partial charge in [0.05, 0.1) is 10.6 Å². The first-order valence-electron chi connectivity index (χ1n) is 7.77. The Labute approximate surface area is 159 Å². The zero-order chi connectivity index (χ0) is 18.7. The fraction of sp³-hybridized carbons (Fsp3) is 0.111. The van der Waals surface area contributed by atoms with Gasteiger partial charge in [-0.15, -0.1) is 0 Å². The average Bonchev–Trinajstić information content (AvgIpc) is 2.59. The second kappa shape index (κ2) is 7.43. The molecule has 0 saturated carbocycles. The third-order valence-electron chi connectivity index (χ3n) is 3.80. The number of nitrogens with zero attached hydrogens (tertiary/aromatic N) is 1. The first kappa shape index (κ1) is 18.3. The molecule has 0 spiro atoms. The molecule has 0 fully saturated rings. The minimum Gasteiger partial charge on any atom is -0.292 e. The Morgan fingerprint density at radius 1 is 1.08 bits per heavy atom. The lowest BCUT2D eigenvalue weighted by Crippen LogP contribution is -2.22. The fourth-order valence-corrected chi connectivity index (χ4v) is 3.69. The molecule has 0 aliphatic rings. The average molecular weight is 434 g/mol. The molecule has 26 heavy (non-hydrogen) atoms. The van der Waals surface area contributed by atoms with Crippen molar-refractivity contribution < 1.29 is 8.42 Å². The van der Waals surface area contributed by atoms with Gasteiger partial charge in [-0.2, -0.15) is 0 Å². The maximum absolute atomic E-state index is 12.4. The Morgan fingerprint density at radius 3 is 2.35 bits per heavy atom. The Morgan fingerprint density at radius 2 is 1.73 bits per heavy atom. The van der Waals surface area contributed by atoms with Crippen LogP contribution in [-0.4, -0.2) is 18.4 Å². The number of hydrogen-bond donors (Lipinski definition) is 2. The molecule has 2 aromatic carbocycles. The summed E-state index contributed by atoms with van der Waals surface area (Å²) in [4.78, 5) is 19.2. The van der Waals surface area contributed by atoms with E-state index in [9.17, 15) is 13.2 Å². The summed E-state index contributed by atoms with van der Waals surface area (Å²) >= 11 is 3.26. The monoisotopic (exact) mass is 433 g/mol. The molecular formula is C18H16BrN3O3S. The van der Waals surface area contributed by atoms with Gasteiger partial charge in [0.25, 0.3) is 15.6 Å². The van der Waals surface area contributed by atoms with E-state index in [2.05, 4.69) is 30.6 Å². The molecule has 6 nitrogen and oxygen atoms in total. The smallest absolute Gasteiger partial charge is 0.264 e. The number of anilines is 1. The zero-order valence-corrected chi connectivity index (χ0v) is 16.3. The van der Waals surface area contributed by atoms with Gasteiger partial charge in [-0.1, -0.05) is 46.3 Å². The van der Waals surface area contributed by atoms with Crippen LogP contribution in [0.2, 0.25) is 0 Å². The molecule has 3 aromatic rings. The van der Waals surface area contributed by atoms with Crippen molar-refractivity contribution in [3.8, 4) is 0 Å². The Kier molecular flexibility index (Phi) is 5.24. The van der Waals surface area contributed by atoms with Crippen LogP contribution in [0.4, 0.5) is 5.95 Å². The van der Waals surface area contributed by atoms with Gasteiger partial charge in [0.15, 0.2) is 0 Å².